The highest BCUT2D eigenvalue weighted by Gasteiger charge is 2.71. The number of amides is 1. The molecule has 2 aromatic carbocycles. The number of nitrogens with one attached hydrogen (secondary N) is 1. The second kappa shape index (κ2) is 9.42. The lowest BCUT2D eigenvalue weighted by Gasteiger charge is -2.32. The van der Waals surface area contributed by atoms with Crippen LogP contribution < -0.4 is 14.8 Å². The topological polar surface area (TPSA) is 65.3 Å². The van der Waals surface area contributed by atoms with E-state index in [1.807, 2.05) is 5.32 Å². The molecule has 0 spiro atoms. The molecule has 0 aliphatic heterocycles. The molecular weight excluding hydrogens is 694 g/mol. The SMILES string of the molecule is O=C(Nc1c(I)cc(C(F)(C(F)(F)F)C(F)(F)Br)cc1OC(F)(F)F)c1ccc2ccc[n+]([O-])c2c1. The number of aromatic nitrogens is 1. The molecule has 1 N–H and O–H groups in total. The number of carbonyl (C=O) groups excluding carboxylic acids is 1. The predicted octanol–water partition coefficient (Wildman–Crippen LogP) is 6.94. The van der Waals surface area contributed by atoms with Crippen molar-refractivity contribution in [3.63, 3.8) is 0 Å². The molecule has 0 aliphatic carbocycles. The summed E-state index contributed by atoms with van der Waals surface area (Å²) in [5.41, 5.74) is -8.51. The van der Waals surface area contributed by atoms with Crippen molar-refractivity contribution in [1.82, 2.24) is 0 Å². The molecule has 5 nitrogen and oxygen atoms in total. The molecule has 36 heavy (non-hydrogen) atoms. The number of halogens is 11. The Labute approximate surface area is 217 Å². The van der Waals surface area contributed by atoms with E-state index in [4.69, 9.17) is 0 Å². The Bertz CT molecular complexity index is 1310. The van der Waals surface area contributed by atoms with Crippen molar-refractivity contribution in [2.45, 2.75) is 23.0 Å². The quantitative estimate of drug-likeness (QED) is 0.103. The van der Waals surface area contributed by atoms with Gasteiger partial charge in [-0.1, -0.05) is 0 Å². The van der Waals surface area contributed by atoms with Gasteiger partial charge in [0.2, 0.25) is 5.52 Å². The Balaban J connectivity index is 2.14. The van der Waals surface area contributed by atoms with Gasteiger partial charge in [0.15, 0.2) is 11.9 Å². The third-order valence-corrected chi connectivity index (χ3v) is 6.12. The lowest BCUT2D eigenvalue weighted by molar-refractivity contribution is -0.577. The first-order valence-corrected chi connectivity index (χ1v) is 11.1. The summed E-state index contributed by atoms with van der Waals surface area (Å²) in [5, 5.41) is 14.3. The third-order valence-electron chi connectivity index (χ3n) is 4.72. The molecule has 1 unspecified atom stereocenters. The van der Waals surface area contributed by atoms with Crippen LogP contribution >= 0.6 is 38.5 Å². The van der Waals surface area contributed by atoms with E-state index >= 15 is 0 Å². The summed E-state index contributed by atoms with van der Waals surface area (Å²) in [7, 11) is 0. The van der Waals surface area contributed by atoms with E-state index in [1.165, 1.54) is 40.2 Å². The number of carbonyl (C=O) groups is 1. The third kappa shape index (κ3) is 5.42. The second-order valence-corrected chi connectivity index (χ2v) is 9.25. The van der Waals surface area contributed by atoms with Crippen LogP contribution in [0.25, 0.3) is 10.9 Å². The van der Waals surface area contributed by atoms with Gasteiger partial charge in [0.25, 0.3) is 5.91 Å². The highest BCUT2D eigenvalue weighted by molar-refractivity contribution is 14.1. The van der Waals surface area contributed by atoms with Gasteiger partial charge in [-0.25, -0.2) is 4.39 Å². The Morgan fingerprint density at radius 2 is 1.64 bits per heavy atom. The van der Waals surface area contributed by atoms with Crippen molar-refractivity contribution in [3.05, 3.63) is 68.6 Å². The molecule has 0 fully saturated rings. The van der Waals surface area contributed by atoms with Gasteiger partial charge in [0.1, 0.15) is 0 Å². The number of ether oxygens (including phenoxy) is 1. The van der Waals surface area contributed by atoms with E-state index in [0.717, 1.165) is 34.9 Å². The number of alkyl halides is 10. The van der Waals surface area contributed by atoms with Crippen LogP contribution in [0.4, 0.5) is 45.2 Å². The molecule has 0 bridgehead atoms. The van der Waals surface area contributed by atoms with Gasteiger partial charge < -0.3 is 15.3 Å². The van der Waals surface area contributed by atoms with Crippen molar-refractivity contribution < 1.29 is 53.8 Å². The summed E-state index contributed by atoms with van der Waals surface area (Å²) < 4.78 is 124. The van der Waals surface area contributed by atoms with Gasteiger partial charge in [-0.15, -0.1) is 13.2 Å². The normalized spacial score (nSPS) is 14.4. The van der Waals surface area contributed by atoms with E-state index in [1.54, 1.807) is 0 Å². The Hall–Kier alpha value is -2.50. The Kier molecular flexibility index (Phi) is 7.35. The van der Waals surface area contributed by atoms with E-state index in [-0.39, 0.29) is 23.2 Å². The predicted molar refractivity (Wildman–Crippen MR) is 119 cm³/mol. The van der Waals surface area contributed by atoms with Crippen LogP contribution in [0.5, 0.6) is 5.75 Å². The van der Waals surface area contributed by atoms with Crippen LogP contribution in [0.15, 0.2) is 48.7 Å². The van der Waals surface area contributed by atoms with Crippen molar-refractivity contribution in [2.24, 2.45) is 0 Å². The van der Waals surface area contributed by atoms with Gasteiger partial charge in [0, 0.05) is 32.2 Å². The smallest absolute Gasteiger partial charge is 0.573 e. The molecule has 0 radical (unpaired) electrons. The number of benzene rings is 2. The molecule has 0 saturated carbocycles. The zero-order valence-corrected chi connectivity index (χ0v) is 20.7. The van der Waals surface area contributed by atoms with E-state index in [9.17, 15) is 49.5 Å². The van der Waals surface area contributed by atoms with Crippen LogP contribution in [0.1, 0.15) is 15.9 Å². The highest BCUT2D eigenvalue weighted by atomic mass is 127. The average molecular weight is 703 g/mol. The van der Waals surface area contributed by atoms with Crippen molar-refractivity contribution in [1.29, 1.82) is 0 Å². The largest absolute Gasteiger partial charge is 0.618 e. The van der Waals surface area contributed by atoms with Gasteiger partial charge in [-0.3, -0.25) is 4.79 Å². The molecule has 0 saturated heterocycles. The molecule has 1 aromatic heterocycles. The maximum atomic E-state index is 14.8. The molecular formula is C20H9BrF9IN2O3. The average Bonchev–Trinajstić information content (AvgIpc) is 2.72. The first kappa shape index (κ1) is 28.1. The minimum atomic E-state index is -6.28. The lowest BCUT2D eigenvalue weighted by Crippen LogP contribution is -2.49. The molecule has 194 valence electrons. The van der Waals surface area contributed by atoms with E-state index in [2.05, 4.69) is 4.74 Å². The van der Waals surface area contributed by atoms with Crippen LogP contribution in [-0.4, -0.2) is 23.3 Å². The highest BCUT2D eigenvalue weighted by Crippen LogP contribution is 2.56. The Morgan fingerprint density at radius 3 is 2.19 bits per heavy atom. The van der Waals surface area contributed by atoms with Crippen LogP contribution in [0.3, 0.4) is 0 Å². The molecule has 16 heteroatoms. The fraction of sp³-hybridized carbons (Fsp3) is 0.200. The summed E-state index contributed by atoms with van der Waals surface area (Å²) in [5.74, 6) is -2.72. The summed E-state index contributed by atoms with van der Waals surface area (Å²) in [6, 6.07) is 6.54. The zero-order chi connectivity index (χ0) is 27.3. The lowest BCUT2D eigenvalue weighted by atomic mass is 9.94. The number of pyridine rings is 1. The van der Waals surface area contributed by atoms with Crippen LogP contribution in [-0.2, 0) is 5.67 Å². The maximum Gasteiger partial charge on any atom is 0.573 e. The number of anilines is 1. The molecule has 3 rings (SSSR count). The second-order valence-electron chi connectivity index (χ2n) is 7.09. The first-order chi connectivity index (χ1) is 16.3. The summed E-state index contributed by atoms with van der Waals surface area (Å²) in [6.07, 6.45) is -10.7. The van der Waals surface area contributed by atoms with E-state index in [0.29, 0.717) is 10.1 Å². The minimum Gasteiger partial charge on any atom is -0.618 e. The summed E-state index contributed by atoms with van der Waals surface area (Å²) >= 11 is 2.43. The number of hydrogen-bond acceptors (Lipinski definition) is 3. The zero-order valence-electron chi connectivity index (χ0n) is 16.9. The summed E-state index contributed by atoms with van der Waals surface area (Å²) in [6.45, 7) is 0. The maximum absolute atomic E-state index is 14.8. The number of fused-ring (bicyclic) bond motifs is 1. The number of rotatable bonds is 5. The first-order valence-electron chi connectivity index (χ1n) is 9.20. The minimum absolute atomic E-state index is 0.00824. The monoisotopic (exact) mass is 702 g/mol. The van der Waals surface area contributed by atoms with Crippen LogP contribution in [0.2, 0.25) is 0 Å². The molecule has 1 atom stereocenters. The van der Waals surface area contributed by atoms with Gasteiger partial charge in [-0.05, 0) is 68.9 Å². The van der Waals surface area contributed by atoms with Crippen molar-refractivity contribution >= 4 is 61.0 Å². The molecule has 0 aliphatic rings. The standard InChI is InChI=1S/C20H9BrF9IN2O3/c21-18(23,24)17(22,19(25,26)27)11-7-12(31)15(14(8-11)36-20(28,29)30)32-16(34)10-4-3-9-2-1-5-33(35)13(9)6-10/h1-8H,(H,32,34). The fourth-order valence-electron chi connectivity index (χ4n) is 3.10. The number of nitrogens with zero attached hydrogens (tertiary/aromatic N) is 1. The van der Waals surface area contributed by atoms with Crippen molar-refractivity contribution in [2.75, 3.05) is 5.32 Å². The van der Waals surface area contributed by atoms with E-state index < -0.39 is 49.5 Å². The van der Waals surface area contributed by atoms with Crippen LogP contribution in [0, 0.1) is 8.78 Å². The molecule has 1 heterocycles. The number of hydrogen-bond donors (Lipinski definition) is 1. The van der Waals surface area contributed by atoms with Crippen molar-refractivity contribution in [3.8, 4) is 5.75 Å². The molecule has 3 aromatic rings. The van der Waals surface area contributed by atoms with Gasteiger partial charge in [-0.2, -0.15) is 26.7 Å². The van der Waals surface area contributed by atoms with Gasteiger partial charge >= 0.3 is 23.0 Å². The van der Waals surface area contributed by atoms with Gasteiger partial charge in [0.05, 0.1) is 5.69 Å². The molecule has 1 amide bonds. The summed E-state index contributed by atoms with van der Waals surface area (Å²) in [4.78, 5) is 7.40. The fourth-order valence-corrected chi connectivity index (χ4v) is 4.29. The Morgan fingerprint density at radius 1 is 1.00 bits per heavy atom.